The van der Waals surface area contributed by atoms with Gasteiger partial charge in [0.25, 0.3) is 11.8 Å². The van der Waals surface area contributed by atoms with Crippen LogP contribution >= 0.6 is 0 Å². The fourth-order valence-corrected chi connectivity index (χ4v) is 5.67. The highest BCUT2D eigenvalue weighted by Gasteiger charge is 2.39. The summed E-state index contributed by atoms with van der Waals surface area (Å²) in [4.78, 5) is 43.2. The molecule has 0 spiro atoms. The molecule has 1 N–H and O–H groups in total. The number of rotatable bonds is 7. The van der Waals surface area contributed by atoms with Crippen LogP contribution in [0.3, 0.4) is 0 Å². The highest BCUT2D eigenvalue weighted by atomic mass is 16.7. The number of nitrogens with zero attached hydrogens (tertiary/aromatic N) is 4. The standard InChI is InChI=1S/C29H31N5O5/c1-18-13-19(2)34(31-18)12-11-33-28(36)22-6-3-7-23(26(22)29(33)37)32-10-4-5-21(16-32)27(35)30-15-20-8-9-24-25(14-20)39-17-38-24/h3,6-9,13-14,21H,4-5,10-12,15-17H2,1-2H3,(H,30,35). The van der Waals surface area contributed by atoms with Gasteiger partial charge < -0.3 is 19.7 Å². The van der Waals surface area contributed by atoms with Gasteiger partial charge in [-0.15, -0.1) is 0 Å². The number of aryl methyl sites for hydroxylation is 2. The molecule has 6 rings (SSSR count). The van der Waals surface area contributed by atoms with Crippen molar-refractivity contribution in [1.29, 1.82) is 0 Å². The second-order valence-corrected chi connectivity index (χ2v) is 10.3. The van der Waals surface area contributed by atoms with Crippen molar-refractivity contribution < 1.29 is 23.9 Å². The number of ether oxygens (including phenoxy) is 2. The van der Waals surface area contributed by atoms with E-state index >= 15 is 0 Å². The molecule has 202 valence electrons. The predicted octanol–water partition coefficient (Wildman–Crippen LogP) is 3.06. The second kappa shape index (κ2) is 10.1. The molecule has 0 radical (unpaired) electrons. The monoisotopic (exact) mass is 529 g/mol. The van der Waals surface area contributed by atoms with Gasteiger partial charge in [0.2, 0.25) is 12.7 Å². The number of carbonyl (C=O) groups is 3. The highest BCUT2D eigenvalue weighted by Crippen LogP contribution is 2.35. The number of hydrogen-bond donors (Lipinski definition) is 1. The number of carbonyl (C=O) groups excluding carboxylic acids is 3. The topological polar surface area (TPSA) is 106 Å². The van der Waals surface area contributed by atoms with Gasteiger partial charge in [-0.2, -0.15) is 5.10 Å². The number of nitrogens with one attached hydrogen (secondary N) is 1. The Morgan fingerprint density at radius 3 is 2.72 bits per heavy atom. The summed E-state index contributed by atoms with van der Waals surface area (Å²) in [7, 11) is 0. The normalized spacial score (nSPS) is 18.1. The van der Waals surface area contributed by atoms with Crippen LogP contribution in [-0.2, 0) is 17.9 Å². The number of fused-ring (bicyclic) bond motifs is 2. The van der Waals surface area contributed by atoms with E-state index in [9.17, 15) is 14.4 Å². The zero-order valence-electron chi connectivity index (χ0n) is 22.1. The van der Waals surface area contributed by atoms with Crippen LogP contribution in [0.5, 0.6) is 11.5 Å². The summed E-state index contributed by atoms with van der Waals surface area (Å²) < 4.78 is 12.6. The molecule has 3 amide bonds. The molecule has 1 aromatic heterocycles. The molecule has 3 aliphatic rings. The third-order valence-corrected chi connectivity index (χ3v) is 7.65. The Morgan fingerprint density at radius 2 is 1.90 bits per heavy atom. The molecule has 3 aliphatic heterocycles. The van der Waals surface area contributed by atoms with Gasteiger partial charge in [0.05, 0.1) is 35.0 Å². The van der Waals surface area contributed by atoms with Gasteiger partial charge in [-0.25, -0.2) is 0 Å². The third-order valence-electron chi connectivity index (χ3n) is 7.65. The van der Waals surface area contributed by atoms with Crippen molar-refractivity contribution >= 4 is 23.4 Å². The molecule has 1 unspecified atom stereocenters. The van der Waals surface area contributed by atoms with Crippen molar-refractivity contribution in [3.05, 3.63) is 70.5 Å². The van der Waals surface area contributed by atoms with Crippen molar-refractivity contribution in [3.8, 4) is 11.5 Å². The first-order valence-electron chi connectivity index (χ1n) is 13.3. The minimum absolute atomic E-state index is 0.0288. The molecular weight excluding hydrogens is 498 g/mol. The molecule has 4 heterocycles. The number of piperidine rings is 1. The smallest absolute Gasteiger partial charge is 0.263 e. The zero-order chi connectivity index (χ0) is 27.1. The van der Waals surface area contributed by atoms with E-state index in [1.54, 1.807) is 6.07 Å². The molecule has 10 nitrogen and oxygen atoms in total. The maximum atomic E-state index is 13.5. The van der Waals surface area contributed by atoms with Crippen LogP contribution in [0.1, 0.15) is 50.5 Å². The average Bonchev–Trinajstić information content (AvgIpc) is 3.61. The Bertz CT molecular complexity index is 1460. The van der Waals surface area contributed by atoms with Gasteiger partial charge in [0.1, 0.15) is 0 Å². The van der Waals surface area contributed by atoms with Crippen molar-refractivity contribution in [1.82, 2.24) is 20.0 Å². The van der Waals surface area contributed by atoms with Gasteiger partial charge in [-0.3, -0.25) is 24.0 Å². The summed E-state index contributed by atoms with van der Waals surface area (Å²) in [5.74, 6) is 0.569. The number of aromatic nitrogens is 2. The fourth-order valence-electron chi connectivity index (χ4n) is 5.67. The Balaban J connectivity index is 1.13. The van der Waals surface area contributed by atoms with Crippen LogP contribution in [0.2, 0.25) is 0 Å². The van der Waals surface area contributed by atoms with Crippen LogP contribution in [0.25, 0.3) is 0 Å². The SMILES string of the molecule is Cc1cc(C)n(CCN2C(=O)c3cccc(N4CCCC(C(=O)NCc5ccc6c(c5)OCO6)C4)c3C2=O)n1. The van der Waals surface area contributed by atoms with E-state index in [0.717, 1.165) is 36.3 Å². The van der Waals surface area contributed by atoms with E-state index in [1.807, 2.05) is 54.9 Å². The van der Waals surface area contributed by atoms with Crippen molar-refractivity contribution in [3.63, 3.8) is 0 Å². The minimum atomic E-state index is -0.290. The van der Waals surface area contributed by atoms with Gasteiger partial charge >= 0.3 is 0 Å². The van der Waals surface area contributed by atoms with E-state index in [2.05, 4.69) is 15.3 Å². The first kappa shape index (κ1) is 25.0. The van der Waals surface area contributed by atoms with Crippen LogP contribution in [-0.4, -0.2) is 58.8 Å². The average molecular weight is 530 g/mol. The molecule has 1 fully saturated rings. The molecule has 0 saturated carbocycles. The number of amides is 3. The van der Waals surface area contributed by atoms with E-state index in [4.69, 9.17) is 9.47 Å². The summed E-state index contributed by atoms with van der Waals surface area (Å²) in [5, 5.41) is 7.49. The first-order valence-corrected chi connectivity index (χ1v) is 13.3. The van der Waals surface area contributed by atoms with E-state index < -0.39 is 0 Å². The van der Waals surface area contributed by atoms with Crippen LogP contribution in [0.15, 0.2) is 42.5 Å². The van der Waals surface area contributed by atoms with E-state index in [0.29, 0.717) is 47.9 Å². The van der Waals surface area contributed by atoms with Crippen LogP contribution < -0.4 is 19.7 Å². The number of benzene rings is 2. The molecular formula is C29H31N5O5. The molecule has 0 aliphatic carbocycles. The molecule has 2 aromatic carbocycles. The van der Waals surface area contributed by atoms with E-state index in [1.165, 1.54) is 4.90 Å². The summed E-state index contributed by atoms with van der Waals surface area (Å²) in [6.45, 7) is 6.37. The van der Waals surface area contributed by atoms with E-state index in [-0.39, 0.29) is 37.0 Å². The molecule has 1 atom stereocenters. The molecule has 39 heavy (non-hydrogen) atoms. The number of imide groups is 1. The van der Waals surface area contributed by atoms with Crippen molar-refractivity contribution in [2.75, 3.05) is 31.3 Å². The maximum Gasteiger partial charge on any atom is 0.263 e. The Labute approximate surface area is 226 Å². The van der Waals surface area contributed by atoms with Crippen molar-refractivity contribution in [2.45, 2.75) is 39.8 Å². The predicted molar refractivity (Wildman–Crippen MR) is 143 cm³/mol. The third kappa shape index (κ3) is 4.71. The van der Waals surface area contributed by atoms with Gasteiger partial charge in [0, 0.05) is 31.9 Å². The Hall–Kier alpha value is -4.34. The summed E-state index contributed by atoms with van der Waals surface area (Å²) >= 11 is 0. The summed E-state index contributed by atoms with van der Waals surface area (Å²) in [5.41, 5.74) is 4.38. The van der Waals surface area contributed by atoms with Crippen LogP contribution in [0, 0.1) is 19.8 Å². The first-order chi connectivity index (χ1) is 18.9. The second-order valence-electron chi connectivity index (χ2n) is 10.3. The quantitative estimate of drug-likeness (QED) is 0.469. The molecule has 1 saturated heterocycles. The molecule has 10 heteroatoms. The lowest BCUT2D eigenvalue weighted by Crippen LogP contribution is -2.43. The number of hydrogen-bond acceptors (Lipinski definition) is 7. The van der Waals surface area contributed by atoms with Gasteiger partial charge in [-0.1, -0.05) is 12.1 Å². The minimum Gasteiger partial charge on any atom is -0.454 e. The Morgan fingerprint density at radius 1 is 1.05 bits per heavy atom. The Kier molecular flexibility index (Phi) is 6.46. The lowest BCUT2D eigenvalue weighted by Gasteiger charge is -2.34. The lowest BCUT2D eigenvalue weighted by molar-refractivity contribution is -0.125. The summed E-state index contributed by atoms with van der Waals surface area (Å²) in [6.07, 6.45) is 1.58. The molecule has 3 aromatic rings. The van der Waals surface area contributed by atoms with Gasteiger partial charge in [0.15, 0.2) is 11.5 Å². The van der Waals surface area contributed by atoms with Gasteiger partial charge in [-0.05, 0) is 62.6 Å². The lowest BCUT2D eigenvalue weighted by atomic mass is 9.95. The highest BCUT2D eigenvalue weighted by molar-refractivity contribution is 6.23. The largest absolute Gasteiger partial charge is 0.454 e. The maximum absolute atomic E-state index is 13.5. The van der Waals surface area contributed by atoms with Crippen molar-refractivity contribution in [2.24, 2.45) is 5.92 Å². The fraction of sp³-hybridized carbons (Fsp3) is 0.379. The number of anilines is 1. The zero-order valence-corrected chi connectivity index (χ0v) is 22.1. The molecule has 0 bridgehead atoms. The van der Waals surface area contributed by atoms with Crippen LogP contribution in [0.4, 0.5) is 5.69 Å². The summed E-state index contributed by atoms with van der Waals surface area (Å²) in [6, 6.07) is 13.0.